The summed E-state index contributed by atoms with van der Waals surface area (Å²) in [5.74, 6) is 1.64. The van der Waals surface area contributed by atoms with E-state index in [9.17, 15) is 0 Å². The Morgan fingerprint density at radius 3 is 3.29 bits per heavy atom. The van der Waals surface area contributed by atoms with Crippen LogP contribution in [0.3, 0.4) is 0 Å². The van der Waals surface area contributed by atoms with Crippen LogP contribution in [0.5, 0.6) is 0 Å². The van der Waals surface area contributed by atoms with Crippen molar-refractivity contribution in [3.05, 3.63) is 17.7 Å². The lowest BCUT2D eigenvalue weighted by Crippen LogP contribution is -2.22. The van der Waals surface area contributed by atoms with Gasteiger partial charge < -0.3 is 15.4 Å². The fourth-order valence-corrected chi connectivity index (χ4v) is 2.11. The van der Waals surface area contributed by atoms with Crippen LogP contribution >= 0.6 is 0 Å². The van der Waals surface area contributed by atoms with Gasteiger partial charge in [0.25, 0.3) is 0 Å². The number of aliphatic hydroxyl groups excluding tert-OH is 1. The first-order valence-electron chi connectivity index (χ1n) is 5.15. The monoisotopic (exact) mass is 195 g/mol. The van der Waals surface area contributed by atoms with Crippen LogP contribution in [0.25, 0.3) is 0 Å². The van der Waals surface area contributed by atoms with Crippen LogP contribution in [0.2, 0.25) is 0 Å². The molecule has 1 aromatic rings. The van der Waals surface area contributed by atoms with Crippen molar-refractivity contribution in [2.24, 2.45) is 5.73 Å². The van der Waals surface area contributed by atoms with Gasteiger partial charge in [0, 0.05) is 12.5 Å². The zero-order valence-corrected chi connectivity index (χ0v) is 8.48. The SMILES string of the molecule is CC1CCCn2c(C(N)CO)cnc21. The van der Waals surface area contributed by atoms with Gasteiger partial charge >= 0.3 is 0 Å². The maximum absolute atomic E-state index is 9.01. The number of imidazole rings is 1. The Hall–Kier alpha value is -0.870. The fourth-order valence-electron chi connectivity index (χ4n) is 2.11. The second-order valence-electron chi connectivity index (χ2n) is 4.03. The van der Waals surface area contributed by atoms with E-state index in [1.165, 1.54) is 12.8 Å². The number of fused-ring (bicyclic) bond motifs is 1. The molecule has 3 N–H and O–H groups in total. The van der Waals surface area contributed by atoms with Crippen molar-refractivity contribution < 1.29 is 5.11 Å². The summed E-state index contributed by atoms with van der Waals surface area (Å²) < 4.78 is 2.16. The number of hydrogen-bond acceptors (Lipinski definition) is 3. The Kier molecular flexibility index (Phi) is 2.56. The number of rotatable bonds is 2. The predicted molar refractivity (Wildman–Crippen MR) is 53.9 cm³/mol. The van der Waals surface area contributed by atoms with Crippen LogP contribution in [-0.2, 0) is 6.54 Å². The number of nitrogens with two attached hydrogens (primary N) is 1. The average Bonchev–Trinajstić information content (AvgIpc) is 2.62. The molecule has 4 nitrogen and oxygen atoms in total. The van der Waals surface area contributed by atoms with E-state index >= 15 is 0 Å². The Balaban J connectivity index is 2.35. The summed E-state index contributed by atoms with van der Waals surface area (Å²) in [5, 5.41) is 9.01. The summed E-state index contributed by atoms with van der Waals surface area (Å²) in [4.78, 5) is 4.38. The predicted octanol–water partition coefficient (Wildman–Crippen LogP) is 0.773. The molecular formula is C10H17N3O. The molecule has 1 aromatic heterocycles. The molecule has 0 fully saturated rings. The number of hydrogen-bond donors (Lipinski definition) is 2. The van der Waals surface area contributed by atoms with Gasteiger partial charge in [0.15, 0.2) is 0 Å². The van der Waals surface area contributed by atoms with E-state index < -0.39 is 0 Å². The Morgan fingerprint density at radius 1 is 1.79 bits per heavy atom. The van der Waals surface area contributed by atoms with Gasteiger partial charge in [0.2, 0.25) is 0 Å². The zero-order valence-electron chi connectivity index (χ0n) is 8.48. The summed E-state index contributed by atoms with van der Waals surface area (Å²) in [5.41, 5.74) is 6.76. The zero-order chi connectivity index (χ0) is 10.1. The average molecular weight is 195 g/mol. The summed E-state index contributed by atoms with van der Waals surface area (Å²) in [6.45, 7) is 3.16. The molecule has 0 aromatic carbocycles. The standard InChI is InChI=1S/C10H17N3O/c1-7-3-2-4-13-9(8(11)6-14)5-12-10(7)13/h5,7-8,14H,2-4,6,11H2,1H3. The molecular weight excluding hydrogens is 178 g/mol. The summed E-state index contributed by atoms with van der Waals surface area (Å²) in [6.07, 6.45) is 4.18. The lowest BCUT2D eigenvalue weighted by atomic mass is 10.0. The van der Waals surface area contributed by atoms with E-state index in [0.717, 1.165) is 18.1 Å². The van der Waals surface area contributed by atoms with E-state index in [4.69, 9.17) is 10.8 Å². The molecule has 0 amide bonds. The molecule has 1 aliphatic heterocycles. The van der Waals surface area contributed by atoms with Gasteiger partial charge in [-0.05, 0) is 12.8 Å². The molecule has 2 unspecified atom stereocenters. The van der Waals surface area contributed by atoms with Crippen molar-refractivity contribution >= 4 is 0 Å². The highest BCUT2D eigenvalue weighted by Crippen LogP contribution is 2.28. The maximum Gasteiger partial charge on any atom is 0.111 e. The highest BCUT2D eigenvalue weighted by molar-refractivity contribution is 5.14. The van der Waals surface area contributed by atoms with Crippen LogP contribution in [0, 0.1) is 0 Å². The van der Waals surface area contributed by atoms with Gasteiger partial charge in [0.05, 0.1) is 24.5 Å². The molecule has 0 bridgehead atoms. The summed E-state index contributed by atoms with van der Waals surface area (Å²) >= 11 is 0. The number of nitrogens with zero attached hydrogens (tertiary/aromatic N) is 2. The highest BCUT2D eigenvalue weighted by atomic mass is 16.3. The van der Waals surface area contributed by atoms with Crippen LogP contribution in [0.15, 0.2) is 6.20 Å². The molecule has 4 heteroatoms. The topological polar surface area (TPSA) is 64.1 Å². The van der Waals surface area contributed by atoms with Crippen LogP contribution in [0.1, 0.15) is 43.2 Å². The molecule has 2 atom stereocenters. The van der Waals surface area contributed by atoms with E-state index in [0.29, 0.717) is 5.92 Å². The first-order valence-corrected chi connectivity index (χ1v) is 5.15. The van der Waals surface area contributed by atoms with E-state index in [1.54, 1.807) is 6.20 Å². The van der Waals surface area contributed by atoms with E-state index in [1.807, 2.05) is 0 Å². The minimum absolute atomic E-state index is 0.0144. The molecule has 2 rings (SSSR count). The molecule has 78 valence electrons. The van der Waals surface area contributed by atoms with Gasteiger partial charge in [-0.3, -0.25) is 0 Å². The van der Waals surface area contributed by atoms with Crippen molar-refractivity contribution in [3.8, 4) is 0 Å². The third-order valence-electron chi connectivity index (χ3n) is 2.95. The fraction of sp³-hybridized carbons (Fsp3) is 0.700. The molecule has 0 radical (unpaired) electrons. The first kappa shape index (κ1) is 9.68. The van der Waals surface area contributed by atoms with Crippen molar-refractivity contribution in [1.82, 2.24) is 9.55 Å². The molecule has 1 aliphatic rings. The molecule has 0 aliphatic carbocycles. The Bertz CT molecular complexity index is 321. The molecule has 14 heavy (non-hydrogen) atoms. The van der Waals surface area contributed by atoms with Gasteiger partial charge in [-0.2, -0.15) is 0 Å². The minimum atomic E-state index is -0.290. The Morgan fingerprint density at radius 2 is 2.57 bits per heavy atom. The van der Waals surface area contributed by atoms with Gasteiger partial charge in [-0.1, -0.05) is 6.92 Å². The van der Waals surface area contributed by atoms with Crippen molar-refractivity contribution in [2.45, 2.75) is 38.3 Å². The Labute approximate surface area is 83.8 Å². The molecule has 2 heterocycles. The van der Waals surface area contributed by atoms with Crippen molar-refractivity contribution in [2.75, 3.05) is 6.61 Å². The summed E-state index contributed by atoms with van der Waals surface area (Å²) in [7, 11) is 0. The normalized spacial score (nSPS) is 23.2. The minimum Gasteiger partial charge on any atom is -0.394 e. The lowest BCUT2D eigenvalue weighted by Gasteiger charge is -2.23. The summed E-state index contributed by atoms with van der Waals surface area (Å²) in [6, 6.07) is -0.290. The first-order chi connectivity index (χ1) is 6.74. The highest BCUT2D eigenvalue weighted by Gasteiger charge is 2.22. The van der Waals surface area contributed by atoms with Crippen molar-refractivity contribution in [3.63, 3.8) is 0 Å². The van der Waals surface area contributed by atoms with Crippen molar-refractivity contribution in [1.29, 1.82) is 0 Å². The van der Waals surface area contributed by atoms with Gasteiger partial charge in [-0.25, -0.2) is 4.98 Å². The van der Waals surface area contributed by atoms with E-state index in [-0.39, 0.29) is 12.6 Å². The number of aliphatic hydroxyl groups is 1. The van der Waals surface area contributed by atoms with Gasteiger partial charge in [-0.15, -0.1) is 0 Å². The van der Waals surface area contributed by atoms with Gasteiger partial charge in [0.1, 0.15) is 5.82 Å². The van der Waals surface area contributed by atoms with Crippen LogP contribution in [0.4, 0.5) is 0 Å². The third kappa shape index (κ3) is 1.44. The lowest BCUT2D eigenvalue weighted by molar-refractivity contribution is 0.261. The van der Waals surface area contributed by atoms with Crippen LogP contribution < -0.4 is 5.73 Å². The molecule has 0 saturated heterocycles. The third-order valence-corrected chi connectivity index (χ3v) is 2.95. The second kappa shape index (κ2) is 3.71. The second-order valence-corrected chi connectivity index (χ2v) is 4.03. The maximum atomic E-state index is 9.01. The van der Waals surface area contributed by atoms with Crippen LogP contribution in [-0.4, -0.2) is 21.3 Å². The molecule has 0 saturated carbocycles. The quantitative estimate of drug-likeness (QED) is 0.732. The van der Waals surface area contributed by atoms with E-state index in [2.05, 4.69) is 16.5 Å². The smallest absolute Gasteiger partial charge is 0.111 e. The number of aromatic nitrogens is 2. The molecule has 0 spiro atoms. The largest absolute Gasteiger partial charge is 0.394 e.